The van der Waals surface area contributed by atoms with E-state index in [4.69, 9.17) is 4.74 Å². The Kier molecular flexibility index (Phi) is 10.9. The molecule has 0 unspecified atom stereocenters. The summed E-state index contributed by atoms with van der Waals surface area (Å²) >= 11 is 0. The van der Waals surface area contributed by atoms with Gasteiger partial charge in [0.1, 0.15) is 12.3 Å². The van der Waals surface area contributed by atoms with Crippen molar-refractivity contribution in [3.05, 3.63) is 125 Å². The normalized spacial score (nSPS) is 12.0. The number of hydrazone groups is 1. The van der Waals surface area contributed by atoms with Gasteiger partial charge >= 0.3 is 0 Å². The smallest absolute Gasteiger partial charge is 0.264 e. The fourth-order valence-corrected chi connectivity index (χ4v) is 5.90. The van der Waals surface area contributed by atoms with Gasteiger partial charge < -0.3 is 10.1 Å². The highest BCUT2D eigenvalue weighted by Crippen LogP contribution is 2.27. The molecule has 4 aromatic carbocycles. The molecule has 0 radical (unpaired) electrons. The van der Waals surface area contributed by atoms with Crippen molar-refractivity contribution in [1.29, 1.82) is 0 Å². The van der Waals surface area contributed by atoms with Crippen molar-refractivity contribution in [3.8, 4) is 5.75 Å². The summed E-state index contributed by atoms with van der Waals surface area (Å²) in [6.07, 6.45) is 2.03. The van der Waals surface area contributed by atoms with E-state index in [2.05, 4.69) is 15.8 Å². The number of benzene rings is 4. The molecule has 0 aliphatic carbocycles. The van der Waals surface area contributed by atoms with Gasteiger partial charge in [0.15, 0.2) is 6.61 Å². The molecule has 0 aliphatic heterocycles. The van der Waals surface area contributed by atoms with Gasteiger partial charge in [-0.15, -0.1) is 0 Å². The number of hydrogen-bond donors (Lipinski definition) is 2. The zero-order valence-corrected chi connectivity index (χ0v) is 25.8. The van der Waals surface area contributed by atoms with E-state index in [0.29, 0.717) is 23.4 Å². The summed E-state index contributed by atoms with van der Waals surface area (Å²) in [5.74, 6) is -0.339. The number of amides is 2. The van der Waals surface area contributed by atoms with Gasteiger partial charge in [-0.05, 0) is 79.4 Å². The van der Waals surface area contributed by atoms with Crippen molar-refractivity contribution in [1.82, 2.24) is 10.7 Å². The minimum atomic E-state index is -4.04. The summed E-state index contributed by atoms with van der Waals surface area (Å²) in [6, 6.07) is 30.0. The standard InChI is InChI=1S/C34H36N4O5S/c1-4-28-10-8-9-13-32(28)38(44(41,42)31-20-14-25(2)15-21-31)23-33(39)37-35-22-27-16-18-30(19-17-27)43-24-34(40)36-26(3)29-11-6-5-7-12-29/h5-22,26H,4,23-24H2,1-3H3,(H,36,40)(H,37,39)/b35-22-/t26-/m1/s1. The lowest BCUT2D eigenvalue weighted by molar-refractivity contribution is -0.123. The number of nitrogens with one attached hydrogen (secondary N) is 2. The number of carbonyl (C=O) groups is 2. The van der Waals surface area contributed by atoms with Crippen LogP contribution in [-0.4, -0.2) is 39.6 Å². The summed E-state index contributed by atoms with van der Waals surface area (Å²) in [4.78, 5) is 25.3. The molecule has 0 saturated heterocycles. The van der Waals surface area contributed by atoms with Gasteiger partial charge in [-0.2, -0.15) is 5.10 Å². The molecule has 2 amide bonds. The number of rotatable bonds is 13. The zero-order valence-electron chi connectivity index (χ0n) is 24.9. The Labute approximate surface area is 258 Å². The summed E-state index contributed by atoms with van der Waals surface area (Å²) in [5, 5.41) is 6.91. The summed E-state index contributed by atoms with van der Waals surface area (Å²) in [6.45, 7) is 5.12. The zero-order chi connectivity index (χ0) is 31.5. The molecule has 0 heterocycles. The highest BCUT2D eigenvalue weighted by atomic mass is 32.2. The van der Waals surface area contributed by atoms with Gasteiger partial charge in [0.05, 0.1) is 22.8 Å². The second-order valence-corrected chi connectivity index (χ2v) is 12.0. The molecule has 9 nitrogen and oxygen atoms in total. The van der Waals surface area contributed by atoms with Crippen molar-refractivity contribution >= 4 is 33.7 Å². The van der Waals surface area contributed by atoms with Gasteiger partial charge in [-0.25, -0.2) is 13.8 Å². The van der Waals surface area contributed by atoms with Crippen molar-refractivity contribution < 1.29 is 22.7 Å². The molecule has 0 saturated carbocycles. The Balaban J connectivity index is 1.35. The predicted molar refractivity (Wildman–Crippen MR) is 172 cm³/mol. The van der Waals surface area contributed by atoms with Crippen LogP contribution in [0, 0.1) is 6.92 Å². The highest BCUT2D eigenvalue weighted by Gasteiger charge is 2.28. The number of sulfonamides is 1. The molecule has 0 aliphatic rings. The van der Waals surface area contributed by atoms with E-state index in [1.165, 1.54) is 18.3 Å². The van der Waals surface area contributed by atoms with Crippen LogP contribution in [0.1, 0.15) is 42.1 Å². The minimum Gasteiger partial charge on any atom is -0.484 e. The molecule has 0 bridgehead atoms. The van der Waals surface area contributed by atoms with Crippen LogP contribution < -0.4 is 19.8 Å². The van der Waals surface area contributed by atoms with Crippen LogP contribution in [0.2, 0.25) is 0 Å². The third-order valence-electron chi connectivity index (χ3n) is 6.87. The molecule has 228 valence electrons. The van der Waals surface area contributed by atoms with Crippen LogP contribution in [0.4, 0.5) is 5.69 Å². The topological polar surface area (TPSA) is 117 Å². The molecule has 4 rings (SSSR count). The van der Waals surface area contributed by atoms with Crippen LogP contribution in [0.5, 0.6) is 5.75 Å². The fraction of sp³-hybridized carbons (Fsp3) is 0.206. The predicted octanol–water partition coefficient (Wildman–Crippen LogP) is 5.16. The molecule has 0 fully saturated rings. The monoisotopic (exact) mass is 612 g/mol. The van der Waals surface area contributed by atoms with Gasteiger partial charge in [0.25, 0.3) is 21.8 Å². The van der Waals surface area contributed by atoms with Crippen molar-refractivity contribution in [2.45, 2.75) is 38.1 Å². The molecular weight excluding hydrogens is 576 g/mol. The first-order valence-electron chi connectivity index (χ1n) is 14.2. The van der Waals surface area contributed by atoms with E-state index in [9.17, 15) is 18.0 Å². The Bertz CT molecular complexity index is 1690. The fourth-order valence-electron chi connectivity index (χ4n) is 4.44. The second kappa shape index (κ2) is 15.0. The van der Waals surface area contributed by atoms with E-state index in [-0.39, 0.29) is 23.5 Å². The van der Waals surface area contributed by atoms with Crippen LogP contribution in [-0.2, 0) is 26.0 Å². The van der Waals surface area contributed by atoms with Gasteiger partial charge in [-0.3, -0.25) is 13.9 Å². The first-order chi connectivity index (χ1) is 21.2. The van der Waals surface area contributed by atoms with E-state index in [1.54, 1.807) is 48.5 Å². The summed E-state index contributed by atoms with van der Waals surface area (Å²) in [7, 11) is -4.04. The summed E-state index contributed by atoms with van der Waals surface area (Å²) < 4.78 is 34.0. The molecule has 4 aromatic rings. The highest BCUT2D eigenvalue weighted by molar-refractivity contribution is 7.92. The lowest BCUT2D eigenvalue weighted by atomic mass is 10.1. The van der Waals surface area contributed by atoms with Crippen molar-refractivity contribution in [2.75, 3.05) is 17.5 Å². The number of para-hydroxylation sites is 1. The number of carbonyl (C=O) groups excluding carboxylic acids is 2. The Morgan fingerprint density at radius 1 is 0.886 bits per heavy atom. The Morgan fingerprint density at radius 3 is 2.23 bits per heavy atom. The average Bonchev–Trinajstić information content (AvgIpc) is 3.03. The Hall–Kier alpha value is -4.96. The Morgan fingerprint density at radius 2 is 1.55 bits per heavy atom. The molecule has 0 spiro atoms. The lowest BCUT2D eigenvalue weighted by Crippen LogP contribution is -2.40. The second-order valence-electron chi connectivity index (χ2n) is 10.2. The van der Waals surface area contributed by atoms with Gasteiger partial charge in [0, 0.05) is 0 Å². The SMILES string of the molecule is CCc1ccccc1N(CC(=O)N/N=C\c1ccc(OCC(=O)N[C@H](C)c2ccccc2)cc1)S(=O)(=O)c1ccc(C)cc1. The van der Waals surface area contributed by atoms with Crippen molar-refractivity contribution in [2.24, 2.45) is 5.10 Å². The number of anilines is 1. The van der Waals surface area contributed by atoms with E-state index in [1.807, 2.05) is 63.2 Å². The summed E-state index contributed by atoms with van der Waals surface area (Å²) in [5.41, 5.74) is 6.26. The molecular formula is C34H36N4O5S. The average molecular weight is 613 g/mol. The molecule has 1 atom stereocenters. The molecule has 10 heteroatoms. The number of ether oxygens (including phenoxy) is 1. The third-order valence-corrected chi connectivity index (χ3v) is 8.64. The van der Waals surface area contributed by atoms with Gasteiger partial charge in [-0.1, -0.05) is 73.2 Å². The van der Waals surface area contributed by atoms with E-state index in [0.717, 1.165) is 21.0 Å². The lowest BCUT2D eigenvalue weighted by Gasteiger charge is -2.25. The molecule has 44 heavy (non-hydrogen) atoms. The van der Waals surface area contributed by atoms with Crippen LogP contribution in [0.3, 0.4) is 0 Å². The third kappa shape index (κ3) is 8.54. The first-order valence-corrected chi connectivity index (χ1v) is 15.7. The maximum atomic E-state index is 13.7. The minimum absolute atomic E-state index is 0.0933. The molecule has 0 aromatic heterocycles. The quantitative estimate of drug-likeness (QED) is 0.160. The van der Waals surface area contributed by atoms with Gasteiger partial charge in [0.2, 0.25) is 0 Å². The first kappa shape index (κ1) is 32.0. The maximum Gasteiger partial charge on any atom is 0.264 e. The van der Waals surface area contributed by atoms with Crippen LogP contribution in [0.15, 0.2) is 113 Å². The molecule has 2 N–H and O–H groups in total. The van der Waals surface area contributed by atoms with Crippen molar-refractivity contribution in [3.63, 3.8) is 0 Å². The number of hydrogen-bond acceptors (Lipinski definition) is 6. The van der Waals surface area contributed by atoms with E-state index >= 15 is 0 Å². The van der Waals surface area contributed by atoms with Crippen LogP contribution in [0.25, 0.3) is 0 Å². The number of nitrogens with zero attached hydrogens (tertiary/aromatic N) is 2. The van der Waals surface area contributed by atoms with Crippen LogP contribution >= 0.6 is 0 Å². The maximum absolute atomic E-state index is 13.7. The number of aryl methyl sites for hydroxylation is 2. The largest absolute Gasteiger partial charge is 0.484 e. The van der Waals surface area contributed by atoms with E-state index < -0.39 is 22.5 Å².